The molecule has 2 aromatic rings. The molecule has 1 aliphatic rings. The van der Waals surface area contributed by atoms with Crippen molar-refractivity contribution in [1.82, 2.24) is 10.4 Å². The third-order valence-electron chi connectivity index (χ3n) is 3.66. The number of benzene rings is 1. The SMILES string of the molecule is CC1=NNCN1c1ccc(Oc2cccc(C)c2C)nc1. The Hall–Kier alpha value is -2.56. The number of hydrogen-bond acceptors (Lipinski definition) is 5. The lowest BCUT2D eigenvalue weighted by atomic mass is 10.1. The first-order chi connectivity index (χ1) is 10.1. The minimum atomic E-state index is 0.592. The van der Waals surface area contributed by atoms with E-state index in [0.29, 0.717) is 12.5 Å². The number of rotatable bonds is 3. The molecule has 5 nitrogen and oxygen atoms in total. The highest BCUT2D eigenvalue weighted by Gasteiger charge is 2.14. The van der Waals surface area contributed by atoms with Crippen molar-refractivity contribution in [3.05, 3.63) is 47.7 Å². The second-order valence-corrected chi connectivity index (χ2v) is 5.06. The maximum absolute atomic E-state index is 5.86. The molecule has 2 heterocycles. The Morgan fingerprint density at radius 1 is 1.14 bits per heavy atom. The van der Waals surface area contributed by atoms with Gasteiger partial charge in [0.25, 0.3) is 0 Å². The van der Waals surface area contributed by atoms with Crippen LogP contribution >= 0.6 is 0 Å². The zero-order valence-electron chi connectivity index (χ0n) is 12.4. The molecule has 0 amide bonds. The monoisotopic (exact) mass is 282 g/mol. The molecule has 5 heteroatoms. The fraction of sp³-hybridized carbons (Fsp3) is 0.250. The van der Waals surface area contributed by atoms with Crippen molar-refractivity contribution in [3.63, 3.8) is 0 Å². The normalized spacial score (nSPS) is 13.9. The van der Waals surface area contributed by atoms with Gasteiger partial charge in [-0.3, -0.25) is 5.43 Å². The van der Waals surface area contributed by atoms with Gasteiger partial charge in [-0.15, -0.1) is 0 Å². The average molecular weight is 282 g/mol. The van der Waals surface area contributed by atoms with Crippen LogP contribution in [0, 0.1) is 13.8 Å². The number of pyridine rings is 1. The predicted molar refractivity (Wildman–Crippen MR) is 83.8 cm³/mol. The van der Waals surface area contributed by atoms with E-state index in [1.54, 1.807) is 6.20 Å². The van der Waals surface area contributed by atoms with Gasteiger partial charge in [0.1, 0.15) is 18.3 Å². The Labute approximate surface area is 124 Å². The van der Waals surface area contributed by atoms with Crippen molar-refractivity contribution in [1.29, 1.82) is 0 Å². The molecule has 0 saturated carbocycles. The van der Waals surface area contributed by atoms with Crippen LogP contribution in [-0.2, 0) is 0 Å². The molecule has 0 radical (unpaired) electrons. The van der Waals surface area contributed by atoms with Crippen molar-refractivity contribution in [3.8, 4) is 11.6 Å². The summed E-state index contributed by atoms with van der Waals surface area (Å²) in [5.41, 5.74) is 6.28. The maximum Gasteiger partial charge on any atom is 0.219 e. The first kappa shape index (κ1) is 13.4. The Balaban J connectivity index is 1.78. The molecular weight excluding hydrogens is 264 g/mol. The van der Waals surface area contributed by atoms with Crippen LogP contribution in [0.1, 0.15) is 18.1 Å². The molecule has 1 aromatic heterocycles. The third kappa shape index (κ3) is 2.67. The molecule has 0 saturated heterocycles. The molecule has 1 aliphatic heterocycles. The summed E-state index contributed by atoms with van der Waals surface area (Å²) in [5, 5.41) is 4.14. The van der Waals surface area contributed by atoms with Gasteiger partial charge in [0.15, 0.2) is 0 Å². The molecule has 0 fully saturated rings. The number of aromatic nitrogens is 1. The highest BCUT2D eigenvalue weighted by Crippen LogP contribution is 2.26. The summed E-state index contributed by atoms with van der Waals surface area (Å²) >= 11 is 0. The van der Waals surface area contributed by atoms with E-state index in [4.69, 9.17) is 4.74 Å². The van der Waals surface area contributed by atoms with Crippen LogP contribution in [0.5, 0.6) is 11.6 Å². The van der Waals surface area contributed by atoms with Crippen molar-refractivity contribution < 1.29 is 4.74 Å². The molecule has 1 aromatic carbocycles. The standard InChI is InChI=1S/C16H18N4O/c1-11-5-4-6-15(12(11)2)21-16-8-7-14(9-17-16)20-10-18-19-13(20)3/h4-9,18H,10H2,1-3H3. The molecule has 0 spiro atoms. The van der Waals surface area contributed by atoms with Crippen LogP contribution in [-0.4, -0.2) is 17.5 Å². The van der Waals surface area contributed by atoms with Gasteiger partial charge in [0.2, 0.25) is 5.88 Å². The lowest BCUT2D eigenvalue weighted by Gasteiger charge is -2.16. The lowest BCUT2D eigenvalue weighted by Crippen LogP contribution is -2.27. The van der Waals surface area contributed by atoms with Crippen LogP contribution in [0.25, 0.3) is 0 Å². The molecule has 0 aliphatic carbocycles. The van der Waals surface area contributed by atoms with Crippen LogP contribution in [0.4, 0.5) is 5.69 Å². The number of amidine groups is 1. The smallest absolute Gasteiger partial charge is 0.219 e. The van der Waals surface area contributed by atoms with Gasteiger partial charge in [-0.25, -0.2) is 4.98 Å². The van der Waals surface area contributed by atoms with Crippen molar-refractivity contribution in [2.45, 2.75) is 20.8 Å². The van der Waals surface area contributed by atoms with Gasteiger partial charge >= 0.3 is 0 Å². The van der Waals surface area contributed by atoms with E-state index < -0.39 is 0 Å². The van der Waals surface area contributed by atoms with Crippen LogP contribution in [0.3, 0.4) is 0 Å². The predicted octanol–water partition coefficient (Wildman–Crippen LogP) is 3.19. The van der Waals surface area contributed by atoms with E-state index in [2.05, 4.69) is 40.3 Å². The van der Waals surface area contributed by atoms with Crippen LogP contribution in [0.15, 0.2) is 41.6 Å². The van der Waals surface area contributed by atoms with Gasteiger partial charge < -0.3 is 9.64 Å². The summed E-state index contributed by atoms with van der Waals surface area (Å²) < 4.78 is 5.86. The van der Waals surface area contributed by atoms with E-state index >= 15 is 0 Å². The molecule has 21 heavy (non-hydrogen) atoms. The third-order valence-corrected chi connectivity index (χ3v) is 3.66. The number of ether oxygens (including phenoxy) is 1. The molecule has 0 bridgehead atoms. The van der Waals surface area contributed by atoms with E-state index in [1.165, 1.54) is 5.56 Å². The fourth-order valence-corrected chi connectivity index (χ4v) is 2.21. The summed E-state index contributed by atoms with van der Waals surface area (Å²) in [5.74, 6) is 2.37. The highest BCUT2D eigenvalue weighted by molar-refractivity contribution is 5.96. The summed E-state index contributed by atoms with van der Waals surface area (Å²) in [6.45, 7) is 6.75. The fourth-order valence-electron chi connectivity index (χ4n) is 2.21. The zero-order chi connectivity index (χ0) is 14.8. The summed E-state index contributed by atoms with van der Waals surface area (Å²) in [7, 11) is 0. The van der Waals surface area contributed by atoms with E-state index in [-0.39, 0.29) is 0 Å². The van der Waals surface area contributed by atoms with E-state index in [0.717, 1.165) is 22.8 Å². The Morgan fingerprint density at radius 3 is 2.67 bits per heavy atom. The molecule has 108 valence electrons. The number of nitrogens with one attached hydrogen (secondary N) is 1. The molecular formula is C16H18N4O. The Morgan fingerprint density at radius 2 is 2.00 bits per heavy atom. The largest absolute Gasteiger partial charge is 0.439 e. The number of hydrogen-bond donors (Lipinski definition) is 1. The van der Waals surface area contributed by atoms with Crippen LogP contribution < -0.4 is 15.1 Å². The molecule has 0 unspecified atom stereocenters. The molecule has 3 rings (SSSR count). The molecule has 1 N–H and O–H groups in total. The average Bonchev–Trinajstić information content (AvgIpc) is 2.91. The quantitative estimate of drug-likeness (QED) is 0.939. The summed E-state index contributed by atoms with van der Waals surface area (Å²) in [6, 6.07) is 9.88. The zero-order valence-corrected chi connectivity index (χ0v) is 12.4. The number of aryl methyl sites for hydroxylation is 1. The second kappa shape index (κ2) is 5.44. The van der Waals surface area contributed by atoms with Gasteiger partial charge in [0, 0.05) is 6.07 Å². The topological polar surface area (TPSA) is 49.8 Å². The van der Waals surface area contributed by atoms with E-state index in [9.17, 15) is 0 Å². The number of hydrazone groups is 1. The maximum atomic E-state index is 5.86. The Bertz CT molecular complexity index is 679. The second-order valence-electron chi connectivity index (χ2n) is 5.06. The van der Waals surface area contributed by atoms with Crippen LogP contribution in [0.2, 0.25) is 0 Å². The first-order valence-electron chi connectivity index (χ1n) is 6.90. The Kier molecular flexibility index (Phi) is 3.48. The van der Waals surface area contributed by atoms with Gasteiger partial charge in [-0.05, 0) is 44.0 Å². The summed E-state index contributed by atoms with van der Waals surface area (Å²) in [6.07, 6.45) is 1.80. The van der Waals surface area contributed by atoms with Crippen molar-refractivity contribution in [2.75, 3.05) is 11.6 Å². The molecule has 0 atom stereocenters. The highest BCUT2D eigenvalue weighted by atomic mass is 16.5. The minimum absolute atomic E-state index is 0.592. The number of nitrogens with zero attached hydrogens (tertiary/aromatic N) is 3. The van der Waals surface area contributed by atoms with Gasteiger partial charge in [-0.2, -0.15) is 5.10 Å². The van der Waals surface area contributed by atoms with Crippen molar-refractivity contribution in [2.24, 2.45) is 5.10 Å². The van der Waals surface area contributed by atoms with E-state index in [1.807, 2.05) is 31.2 Å². The first-order valence-corrected chi connectivity index (χ1v) is 6.90. The summed E-state index contributed by atoms with van der Waals surface area (Å²) in [4.78, 5) is 6.43. The number of anilines is 1. The van der Waals surface area contributed by atoms with Crippen molar-refractivity contribution >= 4 is 11.5 Å². The van der Waals surface area contributed by atoms with Gasteiger partial charge in [0.05, 0.1) is 11.9 Å². The minimum Gasteiger partial charge on any atom is -0.439 e. The van der Waals surface area contributed by atoms with Gasteiger partial charge in [-0.1, -0.05) is 12.1 Å². The lowest BCUT2D eigenvalue weighted by molar-refractivity contribution is 0.459.